The van der Waals surface area contributed by atoms with E-state index in [1.54, 1.807) is 18.2 Å². The number of rotatable bonds is 6. The fraction of sp³-hybridized carbons (Fsp3) is 0.286. The van der Waals surface area contributed by atoms with Gasteiger partial charge in [0, 0.05) is 25.7 Å². The molecule has 114 valence electrons. The zero-order chi connectivity index (χ0) is 15.5. The third-order valence-electron chi connectivity index (χ3n) is 3.14. The highest BCUT2D eigenvalue weighted by molar-refractivity contribution is 7.89. The van der Waals surface area contributed by atoms with Crippen LogP contribution in [-0.2, 0) is 23.1 Å². The molecule has 2 aromatic rings. The van der Waals surface area contributed by atoms with Crippen LogP contribution in [-0.4, -0.2) is 26.9 Å². The Kier molecular flexibility index (Phi) is 4.66. The molecule has 0 spiro atoms. The predicted molar refractivity (Wildman–Crippen MR) is 78.2 cm³/mol. The Morgan fingerprint density at radius 2 is 2.05 bits per heavy atom. The number of sulfonamides is 1. The summed E-state index contributed by atoms with van der Waals surface area (Å²) in [5.74, 6) is 0.289. The highest BCUT2D eigenvalue weighted by Crippen LogP contribution is 2.28. The average molecular weight is 310 g/mol. The maximum Gasteiger partial charge on any atom is 0.246 e. The molecule has 0 saturated carbocycles. The molecule has 0 amide bonds. The van der Waals surface area contributed by atoms with E-state index in [1.807, 2.05) is 0 Å². The summed E-state index contributed by atoms with van der Waals surface area (Å²) in [5.41, 5.74) is 7.14. The number of hydrogen-bond donors (Lipinski definition) is 1. The minimum absolute atomic E-state index is 0.119. The molecule has 0 aliphatic heterocycles. The Balaban J connectivity index is 2.34. The molecule has 0 unspecified atom stereocenters. The van der Waals surface area contributed by atoms with Gasteiger partial charge in [0.05, 0.1) is 19.6 Å². The quantitative estimate of drug-likeness (QED) is 0.875. The van der Waals surface area contributed by atoms with Gasteiger partial charge in [-0.15, -0.1) is 0 Å². The maximum atomic E-state index is 12.6. The lowest BCUT2D eigenvalue weighted by atomic mass is 10.2. The molecular formula is C14H18N2O4S. The number of benzene rings is 1. The van der Waals surface area contributed by atoms with Gasteiger partial charge in [-0.2, -0.15) is 4.31 Å². The molecule has 0 saturated heterocycles. The molecule has 1 aromatic carbocycles. The van der Waals surface area contributed by atoms with Gasteiger partial charge in [-0.1, -0.05) is 6.07 Å². The van der Waals surface area contributed by atoms with Gasteiger partial charge < -0.3 is 14.9 Å². The van der Waals surface area contributed by atoms with E-state index >= 15 is 0 Å². The van der Waals surface area contributed by atoms with Crippen LogP contribution in [0.1, 0.15) is 11.1 Å². The van der Waals surface area contributed by atoms with Crippen molar-refractivity contribution in [3.8, 4) is 5.75 Å². The van der Waals surface area contributed by atoms with Crippen molar-refractivity contribution < 1.29 is 17.6 Å². The monoisotopic (exact) mass is 310 g/mol. The van der Waals surface area contributed by atoms with E-state index in [-0.39, 0.29) is 17.2 Å². The van der Waals surface area contributed by atoms with Crippen LogP contribution < -0.4 is 10.5 Å². The minimum atomic E-state index is -3.66. The number of nitrogens with two attached hydrogens (primary N) is 1. The SMILES string of the molecule is COc1cc(CN)ccc1S(=O)(=O)N(C)Cc1ccoc1. The Morgan fingerprint density at radius 3 is 2.62 bits per heavy atom. The maximum absolute atomic E-state index is 12.6. The largest absolute Gasteiger partial charge is 0.495 e. The highest BCUT2D eigenvalue weighted by atomic mass is 32.2. The fourth-order valence-electron chi connectivity index (χ4n) is 1.94. The Bertz CT molecular complexity index is 696. The molecule has 0 fully saturated rings. The van der Waals surface area contributed by atoms with Crippen molar-refractivity contribution in [2.45, 2.75) is 18.0 Å². The Hall–Kier alpha value is -1.83. The van der Waals surface area contributed by atoms with Crippen LogP contribution in [0.15, 0.2) is 46.1 Å². The van der Waals surface area contributed by atoms with Crippen LogP contribution in [0.3, 0.4) is 0 Å². The van der Waals surface area contributed by atoms with Crippen LogP contribution in [0.25, 0.3) is 0 Å². The van der Waals surface area contributed by atoms with E-state index in [1.165, 1.54) is 37.1 Å². The number of furan rings is 1. The van der Waals surface area contributed by atoms with Gasteiger partial charge in [0.15, 0.2) is 0 Å². The van der Waals surface area contributed by atoms with Crippen molar-refractivity contribution >= 4 is 10.0 Å². The van der Waals surface area contributed by atoms with Crippen molar-refractivity contribution in [3.05, 3.63) is 47.9 Å². The molecule has 1 heterocycles. The smallest absolute Gasteiger partial charge is 0.246 e. The predicted octanol–water partition coefficient (Wildman–Crippen LogP) is 1.57. The molecule has 7 heteroatoms. The third-order valence-corrected chi connectivity index (χ3v) is 4.98. The zero-order valence-electron chi connectivity index (χ0n) is 11.9. The first-order chi connectivity index (χ1) is 9.98. The summed E-state index contributed by atoms with van der Waals surface area (Å²) in [7, 11) is -0.709. The van der Waals surface area contributed by atoms with Crippen LogP contribution in [0, 0.1) is 0 Å². The first-order valence-electron chi connectivity index (χ1n) is 6.33. The highest BCUT2D eigenvalue weighted by Gasteiger charge is 2.25. The van der Waals surface area contributed by atoms with E-state index < -0.39 is 10.0 Å². The number of nitrogens with zero attached hydrogens (tertiary/aromatic N) is 1. The second-order valence-electron chi connectivity index (χ2n) is 4.58. The van der Waals surface area contributed by atoms with Crippen LogP contribution in [0.5, 0.6) is 5.75 Å². The van der Waals surface area contributed by atoms with Gasteiger partial charge >= 0.3 is 0 Å². The molecule has 1 aromatic heterocycles. The van der Waals surface area contributed by atoms with Gasteiger partial charge in [0.25, 0.3) is 0 Å². The molecule has 0 bridgehead atoms. The van der Waals surface area contributed by atoms with Crippen molar-refractivity contribution in [3.63, 3.8) is 0 Å². The van der Waals surface area contributed by atoms with Gasteiger partial charge in [-0.25, -0.2) is 8.42 Å². The first kappa shape index (κ1) is 15.6. The standard InChI is InChI=1S/C14H18N2O4S/c1-16(9-12-5-6-20-10-12)21(17,18)14-4-3-11(8-15)7-13(14)19-2/h3-7,10H,8-9,15H2,1-2H3. The Labute approximate surface area is 124 Å². The third kappa shape index (κ3) is 3.26. The second-order valence-corrected chi connectivity index (χ2v) is 6.60. The number of ether oxygens (including phenoxy) is 1. The van der Waals surface area contributed by atoms with E-state index in [9.17, 15) is 8.42 Å². The van der Waals surface area contributed by atoms with Crippen molar-refractivity contribution in [2.75, 3.05) is 14.2 Å². The van der Waals surface area contributed by atoms with Gasteiger partial charge in [0.1, 0.15) is 10.6 Å². The van der Waals surface area contributed by atoms with Crippen molar-refractivity contribution in [2.24, 2.45) is 5.73 Å². The minimum Gasteiger partial charge on any atom is -0.495 e. The zero-order valence-corrected chi connectivity index (χ0v) is 12.8. The summed E-state index contributed by atoms with van der Waals surface area (Å²) in [6.07, 6.45) is 3.02. The summed E-state index contributed by atoms with van der Waals surface area (Å²) >= 11 is 0. The Morgan fingerprint density at radius 1 is 1.29 bits per heavy atom. The topological polar surface area (TPSA) is 85.8 Å². The second kappa shape index (κ2) is 6.30. The average Bonchev–Trinajstić information content (AvgIpc) is 2.99. The first-order valence-corrected chi connectivity index (χ1v) is 7.77. The van der Waals surface area contributed by atoms with Gasteiger partial charge in [-0.05, 0) is 23.8 Å². The molecule has 0 aliphatic carbocycles. The summed E-state index contributed by atoms with van der Waals surface area (Å²) in [6, 6.07) is 6.56. The molecule has 0 atom stereocenters. The summed E-state index contributed by atoms with van der Waals surface area (Å²) in [6.45, 7) is 0.544. The summed E-state index contributed by atoms with van der Waals surface area (Å²) < 4.78 is 36.6. The van der Waals surface area contributed by atoms with Crippen LogP contribution in [0.4, 0.5) is 0 Å². The van der Waals surface area contributed by atoms with Gasteiger partial charge in [0.2, 0.25) is 10.0 Å². The molecule has 2 rings (SSSR count). The van der Waals surface area contributed by atoms with Crippen LogP contribution in [0.2, 0.25) is 0 Å². The lowest BCUT2D eigenvalue weighted by molar-refractivity contribution is 0.397. The van der Waals surface area contributed by atoms with E-state index in [0.717, 1.165) is 11.1 Å². The van der Waals surface area contributed by atoms with E-state index in [4.69, 9.17) is 14.9 Å². The fourth-order valence-corrected chi connectivity index (χ4v) is 3.24. The van der Waals surface area contributed by atoms with Crippen LogP contribution >= 0.6 is 0 Å². The summed E-state index contributed by atoms with van der Waals surface area (Å²) in [5, 5.41) is 0. The molecule has 6 nitrogen and oxygen atoms in total. The number of hydrogen-bond acceptors (Lipinski definition) is 5. The lowest BCUT2D eigenvalue weighted by Gasteiger charge is -2.18. The lowest BCUT2D eigenvalue weighted by Crippen LogP contribution is -2.26. The van der Waals surface area contributed by atoms with E-state index in [0.29, 0.717) is 6.54 Å². The van der Waals surface area contributed by atoms with E-state index in [2.05, 4.69) is 0 Å². The van der Waals surface area contributed by atoms with Crippen molar-refractivity contribution in [1.82, 2.24) is 4.31 Å². The molecule has 0 radical (unpaired) electrons. The van der Waals surface area contributed by atoms with Gasteiger partial charge in [-0.3, -0.25) is 0 Å². The molecule has 0 aliphatic rings. The summed E-state index contributed by atoms with van der Waals surface area (Å²) in [4.78, 5) is 0.119. The molecular weight excluding hydrogens is 292 g/mol. The molecule has 21 heavy (non-hydrogen) atoms. The number of methoxy groups -OCH3 is 1. The van der Waals surface area contributed by atoms with Crippen molar-refractivity contribution in [1.29, 1.82) is 0 Å². The normalized spacial score (nSPS) is 11.8. The molecule has 2 N–H and O–H groups in total.